The fourth-order valence-corrected chi connectivity index (χ4v) is 2.41. The van der Waals surface area contributed by atoms with Gasteiger partial charge in [-0.2, -0.15) is 0 Å². The van der Waals surface area contributed by atoms with E-state index < -0.39 is 0 Å². The molecule has 0 amide bonds. The number of rotatable bonds is 1. The molecule has 2 aromatic carbocycles. The first kappa shape index (κ1) is 11.5. The number of aromatic hydroxyl groups is 1. The average molecular weight is 253 g/mol. The summed E-state index contributed by atoms with van der Waals surface area (Å²) < 4.78 is 5.21. The van der Waals surface area contributed by atoms with E-state index in [2.05, 4.69) is 0 Å². The van der Waals surface area contributed by atoms with Crippen LogP contribution in [0.5, 0.6) is 11.5 Å². The Morgan fingerprint density at radius 3 is 2.37 bits per heavy atom. The van der Waals surface area contributed by atoms with Crippen molar-refractivity contribution in [1.82, 2.24) is 0 Å². The standard InChI is InChI=1S/C15H11NO3/c1-19-11-7-3-5-9-13(11)14(16)12-8(15(9)18)4-2-6-10(12)17/h2-7,16-17H,1H3. The molecule has 0 saturated heterocycles. The summed E-state index contributed by atoms with van der Waals surface area (Å²) in [7, 11) is 1.49. The number of benzene rings is 2. The van der Waals surface area contributed by atoms with Crippen LogP contribution >= 0.6 is 0 Å². The predicted octanol–water partition coefficient (Wildman–Crippen LogP) is 2.36. The minimum Gasteiger partial charge on any atom is -0.507 e. The smallest absolute Gasteiger partial charge is 0.194 e. The van der Waals surface area contributed by atoms with Gasteiger partial charge in [0, 0.05) is 11.1 Å². The number of nitrogens with one attached hydrogen (secondary N) is 1. The number of ether oxygens (including phenoxy) is 1. The minimum atomic E-state index is -0.198. The second-order valence-corrected chi connectivity index (χ2v) is 4.29. The number of hydrogen-bond donors (Lipinski definition) is 2. The fourth-order valence-electron chi connectivity index (χ4n) is 2.41. The zero-order valence-corrected chi connectivity index (χ0v) is 10.2. The molecule has 2 N–H and O–H groups in total. The van der Waals surface area contributed by atoms with Crippen LogP contribution in [0.2, 0.25) is 0 Å². The van der Waals surface area contributed by atoms with Crippen LogP contribution in [0.3, 0.4) is 0 Å². The largest absolute Gasteiger partial charge is 0.507 e. The summed E-state index contributed by atoms with van der Waals surface area (Å²) in [5.74, 6) is 0.202. The third-order valence-corrected chi connectivity index (χ3v) is 3.28. The van der Waals surface area contributed by atoms with Crippen molar-refractivity contribution >= 4 is 11.5 Å². The zero-order chi connectivity index (χ0) is 13.6. The molecule has 0 atom stereocenters. The Hall–Kier alpha value is -2.62. The molecule has 0 saturated carbocycles. The molecule has 19 heavy (non-hydrogen) atoms. The Morgan fingerprint density at radius 1 is 1.05 bits per heavy atom. The first-order valence-corrected chi connectivity index (χ1v) is 5.78. The number of carbonyl (C=O) groups excluding carboxylic acids is 1. The number of hydrogen-bond acceptors (Lipinski definition) is 4. The lowest BCUT2D eigenvalue weighted by Crippen LogP contribution is -2.21. The fraction of sp³-hybridized carbons (Fsp3) is 0.0667. The third-order valence-electron chi connectivity index (χ3n) is 3.28. The highest BCUT2D eigenvalue weighted by atomic mass is 16.5. The van der Waals surface area contributed by atoms with Crippen LogP contribution < -0.4 is 4.74 Å². The molecule has 0 radical (unpaired) electrons. The summed E-state index contributed by atoms with van der Waals surface area (Å²) in [6.07, 6.45) is 0. The first-order valence-electron chi connectivity index (χ1n) is 5.78. The van der Waals surface area contributed by atoms with Crippen LogP contribution in [-0.4, -0.2) is 23.7 Å². The van der Waals surface area contributed by atoms with Gasteiger partial charge in [0.25, 0.3) is 0 Å². The Kier molecular flexibility index (Phi) is 2.38. The number of phenolic OH excluding ortho intramolecular Hbond substituents is 1. The monoisotopic (exact) mass is 253 g/mol. The van der Waals surface area contributed by atoms with E-state index >= 15 is 0 Å². The van der Waals surface area contributed by atoms with Crippen molar-refractivity contribution in [3.8, 4) is 11.5 Å². The van der Waals surface area contributed by atoms with Crippen LogP contribution in [0.4, 0.5) is 0 Å². The van der Waals surface area contributed by atoms with E-state index in [1.807, 2.05) is 0 Å². The molecule has 0 unspecified atom stereocenters. The van der Waals surface area contributed by atoms with Gasteiger partial charge in [-0.1, -0.05) is 24.3 Å². The van der Waals surface area contributed by atoms with Crippen LogP contribution in [0.25, 0.3) is 0 Å². The number of phenols is 1. The molecule has 0 fully saturated rings. The molecule has 0 aromatic heterocycles. The highest BCUT2D eigenvalue weighted by Gasteiger charge is 2.31. The topological polar surface area (TPSA) is 70.4 Å². The number of ketones is 1. The highest BCUT2D eigenvalue weighted by molar-refractivity contribution is 6.31. The lowest BCUT2D eigenvalue weighted by molar-refractivity contribution is 0.103. The van der Waals surface area contributed by atoms with Gasteiger partial charge in [0.1, 0.15) is 11.5 Å². The van der Waals surface area contributed by atoms with Crippen molar-refractivity contribution < 1.29 is 14.6 Å². The highest BCUT2D eigenvalue weighted by Crippen LogP contribution is 2.36. The van der Waals surface area contributed by atoms with Gasteiger partial charge in [-0.15, -0.1) is 0 Å². The molecule has 3 rings (SSSR count). The second kappa shape index (κ2) is 3.95. The van der Waals surface area contributed by atoms with Gasteiger partial charge in [0.15, 0.2) is 5.78 Å². The van der Waals surface area contributed by atoms with Crippen molar-refractivity contribution in [2.45, 2.75) is 0 Å². The normalized spacial score (nSPS) is 12.9. The van der Waals surface area contributed by atoms with Crippen LogP contribution in [0.1, 0.15) is 27.0 Å². The Balaban J connectivity index is 2.37. The van der Waals surface area contributed by atoms with E-state index in [0.717, 1.165) is 0 Å². The van der Waals surface area contributed by atoms with Crippen LogP contribution in [-0.2, 0) is 0 Å². The van der Waals surface area contributed by atoms with Crippen molar-refractivity contribution in [2.24, 2.45) is 0 Å². The van der Waals surface area contributed by atoms with Crippen molar-refractivity contribution in [1.29, 1.82) is 5.41 Å². The lowest BCUT2D eigenvalue weighted by atomic mass is 9.82. The van der Waals surface area contributed by atoms with Crippen molar-refractivity contribution in [2.75, 3.05) is 7.11 Å². The lowest BCUT2D eigenvalue weighted by Gasteiger charge is -2.21. The molecule has 2 aromatic rings. The Morgan fingerprint density at radius 2 is 1.68 bits per heavy atom. The van der Waals surface area contributed by atoms with Gasteiger partial charge >= 0.3 is 0 Å². The van der Waals surface area contributed by atoms with Crippen LogP contribution in [0, 0.1) is 5.41 Å². The quantitative estimate of drug-likeness (QED) is 0.699. The van der Waals surface area contributed by atoms with E-state index in [9.17, 15) is 9.90 Å². The average Bonchev–Trinajstić information content (AvgIpc) is 2.43. The summed E-state index contributed by atoms with van der Waals surface area (Å²) >= 11 is 0. The summed E-state index contributed by atoms with van der Waals surface area (Å²) in [6.45, 7) is 0. The minimum absolute atomic E-state index is 0.0626. The van der Waals surface area contributed by atoms with Gasteiger partial charge in [-0.05, 0) is 12.1 Å². The first-order chi connectivity index (χ1) is 9.15. The molecular formula is C15H11NO3. The van der Waals surface area contributed by atoms with Gasteiger partial charge in [-0.25, -0.2) is 0 Å². The molecule has 4 heteroatoms. The van der Waals surface area contributed by atoms with E-state index in [1.54, 1.807) is 30.3 Å². The molecule has 1 aliphatic carbocycles. The molecule has 4 nitrogen and oxygen atoms in total. The molecule has 0 bridgehead atoms. The predicted molar refractivity (Wildman–Crippen MR) is 70.5 cm³/mol. The van der Waals surface area contributed by atoms with Crippen molar-refractivity contribution in [3.05, 3.63) is 58.7 Å². The Labute approximate surface area is 109 Å². The number of carbonyl (C=O) groups is 1. The zero-order valence-electron chi connectivity index (χ0n) is 10.2. The van der Waals surface area contributed by atoms with E-state index in [-0.39, 0.29) is 22.8 Å². The third kappa shape index (κ3) is 1.46. The van der Waals surface area contributed by atoms with Gasteiger partial charge in [0.2, 0.25) is 0 Å². The van der Waals surface area contributed by atoms with Gasteiger partial charge in [0.05, 0.1) is 23.9 Å². The van der Waals surface area contributed by atoms with E-state index in [4.69, 9.17) is 10.1 Å². The maximum Gasteiger partial charge on any atom is 0.194 e. The Bertz CT molecular complexity index is 719. The SMILES string of the molecule is COc1cccc2c1C(=N)c1c(O)cccc1C2=O. The van der Waals surface area contributed by atoms with E-state index in [0.29, 0.717) is 22.4 Å². The maximum atomic E-state index is 12.4. The van der Waals surface area contributed by atoms with Crippen LogP contribution in [0.15, 0.2) is 36.4 Å². The second-order valence-electron chi connectivity index (χ2n) is 4.29. The molecule has 1 aliphatic rings. The summed E-state index contributed by atoms with van der Waals surface area (Å²) in [5.41, 5.74) is 1.60. The van der Waals surface area contributed by atoms with E-state index in [1.165, 1.54) is 13.2 Å². The van der Waals surface area contributed by atoms with Gasteiger partial charge in [-0.3, -0.25) is 10.2 Å². The van der Waals surface area contributed by atoms with Crippen molar-refractivity contribution in [3.63, 3.8) is 0 Å². The summed E-state index contributed by atoms with van der Waals surface area (Å²) in [6, 6.07) is 9.78. The maximum absolute atomic E-state index is 12.4. The number of methoxy groups -OCH3 is 1. The molecular weight excluding hydrogens is 242 g/mol. The molecule has 0 aliphatic heterocycles. The molecule has 0 heterocycles. The van der Waals surface area contributed by atoms with Gasteiger partial charge < -0.3 is 9.84 Å². The summed E-state index contributed by atoms with van der Waals surface area (Å²) in [4.78, 5) is 12.4. The number of fused-ring (bicyclic) bond motifs is 2. The molecule has 94 valence electrons. The summed E-state index contributed by atoms with van der Waals surface area (Å²) in [5, 5.41) is 18.1. The molecule has 0 spiro atoms.